The molecule has 5 nitrogen and oxygen atoms in total. The quantitative estimate of drug-likeness (QED) is 0.510. The van der Waals surface area contributed by atoms with Crippen molar-refractivity contribution in [3.63, 3.8) is 0 Å². The van der Waals surface area contributed by atoms with E-state index in [0.717, 1.165) is 25.7 Å². The number of nitrogens with two attached hydrogens (primary N) is 1. The number of aliphatic carboxylic acids is 1. The summed E-state index contributed by atoms with van der Waals surface area (Å²) in [7, 11) is 0.250. The van der Waals surface area contributed by atoms with Crippen molar-refractivity contribution in [2.24, 2.45) is 17.6 Å². The third kappa shape index (κ3) is 5.49. The molecule has 0 spiro atoms. The van der Waals surface area contributed by atoms with E-state index in [-0.39, 0.29) is 11.8 Å². The molecule has 2 unspecified atom stereocenters. The average Bonchev–Trinajstić information content (AvgIpc) is 2.68. The fourth-order valence-corrected chi connectivity index (χ4v) is 2.27. The zero-order valence-corrected chi connectivity index (χ0v) is 9.80. The van der Waals surface area contributed by atoms with Crippen molar-refractivity contribution in [1.29, 1.82) is 0 Å². The van der Waals surface area contributed by atoms with Gasteiger partial charge in [0.1, 0.15) is 0 Å². The van der Waals surface area contributed by atoms with Crippen molar-refractivity contribution in [3.05, 3.63) is 0 Å². The van der Waals surface area contributed by atoms with Crippen LogP contribution in [-0.4, -0.2) is 35.3 Å². The number of carbonyl (C=O) groups is 1. The molecule has 6 heteroatoms. The molecule has 94 valence electrons. The van der Waals surface area contributed by atoms with Gasteiger partial charge >= 0.3 is 13.1 Å². The number of hydrogen-bond acceptors (Lipinski definition) is 4. The summed E-state index contributed by atoms with van der Waals surface area (Å²) in [6.45, 7) is 0. The lowest BCUT2D eigenvalue weighted by Gasteiger charge is -2.14. The van der Waals surface area contributed by atoms with Gasteiger partial charge in [-0.3, -0.25) is 4.79 Å². The summed E-state index contributed by atoms with van der Waals surface area (Å²) in [6.07, 6.45) is 4.59. The highest BCUT2D eigenvalue weighted by molar-refractivity contribution is 6.40. The van der Waals surface area contributed by atoms with Crippen LogP contribution in [0.1, 0.15) is 32.1 Å². The SMILES string of the molecule is CN.O=C(O)C1CCCC1CCCB(O)O. The topological polar surface area (TPSA) is 104 Å². The van der Waals surface area contributed by atoms with Crippen molar-refractivity contribution in [3.8, 4) is 0 Å². The summed E-state index contributed by atoms with van der Waals surface area (Å²) in [6, 6.07) is 0. The standard InChI is InChI=1S/C9H17BO4.CH5N/c11-9(12)8-5-1-3-7(8)4-2-6-10(13)14;1-2/h7-8,13-14H,1-6H2,(H,11,12);2H2,1H3. The Bertz CT molecular complexity index is 201. The Labute approximate surface area is 96.8 Å². The van der Waals surface area contributed by atoms with Crippen molar-refractivity contribution < 1.29 is 19.9 Å². The van der Waals surface area contributed by atoms with Crippen LogP contribution in [0.15, 0.2) is 0 Å². The number of rotatable bonds is 5. The fourth-order valence-electron chi connectivity index (χ4n) is 2.27. The second-order valence-electron chi connectivity index (χ2n) is 4.05. The molecule has 0 aliphatic heterocycles. The van der Waals surface area contributed by atoms with Crippen LogP contribution in [0.25, 0.3) is 0 Å². The lowest BCUT2D eigenvalue weighted by molar-refractivity contribution is -0.143. The number of carboxylic acids is 1. The van der Waals surface area contributed by atoms with Gasteiger partial charge in [-0.25, -0.2) is 0 Å². The van der Waals surface area contributed by atoms with Crippen LogP contribution in [0.3, 0.4) is 0 Å². The Morgan fingerprint density at radius 3 is 2.50 bits per heavy atom. The molecule has 2 atom stereocenters. The summed E-state index contributed by atoms with van der Waals surface area (Å²) in [5.74, 6) is -0.658. The third-order valence-electron chi connectivity index (χ3n) is 3.01. The van der Waals surface area contributed by atoms with E-state index in [4.69, 9.17) is 15.2 Å². The Hall–Kier alpha value is -0.585. The van der Waals surface area contributed by atoms with E-state index >= 15 is 0 Å². The van der Waals surface area contributed by atoms with Gasteiger partial charge in [0.15, 0.2) is 0 Å². The second-order valence-corrected chi connectivity index (χ2v) is 4.05. The van der Waals surface area contributed by atoms with Crippen molar-refractivity contribution in [1.82, 2.24) is 0 Å². The number of hydrogen-bond donors (Lipinski definition) is 4. The predicted molar refractivity (Wildman–Crippen MR) is 62.8 cm³/mol. The largest absolute Gasteiger partial charge is 0.481 e. The Morgan fingerprint density at radius 1 is 1.38 bits per heavy atom. The van der Waals surface area contributed by atoms with E-state index in [1.807, 2.05) is 0 Å². The smallest absolute Gasteiger partial charge is 0.451 e. The third-order valence-corrected chi connectivity index (χ3v) is 3.01. The highest BCUT2D eigenvalue weighted by Gasteiger charge is 2.32. The molecule has 1 aliphatic rings. The van der Waals surface area contributed by atoms with Crippen molar-refractivity contribution in [2.45, 2.75) is 38.4 Å². The maximum absolute atomic E-state index is 10.8. The summed E-state index contributed by atoms with van der Waals surface area (Å²) < 4.78 is 0. The molecule has 1 fully saturated rings. The molecule has 16 heavy (non-hydrogen) atoms. The van der Waals surface area contributed by atoms with Gasteiger partial charge in [0, 0.05) is 0 Å². The van der Waals surface area contributed by atoms with Crippen LogP contribution >= 0.6 is 0 Å². The first-order valence-corrected chi connectivity index (χ1v) is 5.78. The number of carboxylic acid groups (broad SMARTS) is 1. The highest BCUT2D eigenvalue weighted by Crippen LogP contribution is 2.35. The van der Waals surface area contributed by atoms with Gasteiger partial charge in [-0.05, 0) is 32.1 Å². The van der Waals surface area contributed by atoms with Crippen LogP contribution in [0.4, 0.5) is 0 Å². The molecule has 0 amide bonds. The Balaban J connectivity index is 0.00000106. The molecule has 1 saturated carbocycles. The monoisotopic (exact) mass is 231 g/mol. The van der Waals surface area contributed by atoms with E-state index in [2.05, 4.69) is 5.73 Å². The average molecular weight is 231 g/mol. The maximum Gasteiger partial charge on any atom is 0.451 e. The first-order chi connectivity index (χ1) is 7.61. The van der Waals surface area contributed by atoms with Gasteiger partial charge in [0.2, 0.25) is 0 Å². The fraction of sp³-hybridized carbons (Fsp3) is 0.900. The van der Waals surface area contributed by atoms with E-state index in [9.17, 15) is 4.79 Å². The van der Waals surface area contributed by atoms with Gasteiger partial charge in [-0.15, -0.1) is 0 Å². The van der Waals surface area contributed by atoms with Crippen LogP contribution in [0, 0.1) is 11.8 Å². The second kappa shape index (κ2) is 8.55. The van der Waals surface area contributed by atoms with Gasteiger partial charge in [0.25, 0.3) is 0 Å². The summed E-state index contributed by atoms with van der Waals surface area (Å²) in [5, 5.41) is 26.2. The van der Waals surface area contributed by atoms with Gasteiger partial charge < -0.3 is 20.9 Å². The van der Waals surface area contributed by atoms with Crippen LogP contribution in [0.2, 0.25) is 6.32 Å². The van der Waals surface area contributed by atoms with Crippen LogP contribution in [-0.2, 0) is 4.79 Å². The van der Waals surface area contributed by atoms with Crippen molar-refractivity contribution in [2.75, 3.05) is 7.05 Å². The first kappa shape index (κ1) is 15.4. The molecule has 0 saturated heterocycles. The van der Waals surface area contributed by atoms with E-state index in [1.54, 1.807) is 0 Å². The predicted octanol–water partition coefficient (Wildman–Crippen LogP) is 0.315. The zero-order valence-electron chi connectivity index (χ0n) is 9.80. The molecule has 0 radical (unpaired) electrons. The van der Waals surface area contributed by atoms with Crippen LogP contribution in [0.5, 0.6) is 0 Å². The van der Waals surface area contributed by atoms with E-state index in [0.29, 0.717) is 12.7 Å². The molecule has 0 bridgehead atoms. The lowest BCUT2D eigenvalue weighted by Crippen LogP contribution is -2.19. The van der Waals surface area contributed by atoms with E-state index < -0.39 is 13.1 Å². The Morgan fingerprint density at radius 2 is 2.00 bits per heavy atom. The molecule has 0 heterocycles. The molecular weight excluding hydrogens is 209 g/mol. The lowest BCUT2D eigenvalue weighted by atomic mass is 9.80. The summed E-state index contributed by atoms with van der Waals surface area (Å²) in [4.78, 5) is 10.8. The molecule has 0 aromatic heterocycles. The minimum Gasteiger partial charge on any atom is -0.481 e. The first-order valence-electron chi connectivity index (χ1n) is 5.78. The maximum atomic E-state index is 10.8. The molecule has 0 aromatic carbocycles. The molecule has 1 aliphatic carbocycles. The molecule has 0 aromatic rings. The van der Waals surface area contributed by atoms with Gasteiger partial charge in [0.05, 0.1) is 5.92 Å². The normalized spacial score (nSPS) is 23.5. The van der Waals surface area contributed by atoms with Crippen molar-refractivity contribution >= 4 is 13.1 Å². The van der Waals surface area contributed by atoms with Gasteiger partial charge in [-0.2, -0.15) is 0 Å². The summed E-state index contributed by atoms with van der Waals surface area (Å²) >= 11 is 0. The van der Waals surface area contributed by atoms with Crippen LogP contribution < -0.4 is 5.73 Å². The molecular formula is C10H22BNO4. The zero-order chi connectivity index (χ0) is 12.6. The van der Waals surface area contributed by atoms with Gasteiger partial charge in [-0.1, -0.05) is 19.3 Å². The minimum atomic E-state index is -1.25. The summed E-state index contributed by atoms with van der Waals surface area (Å²) in [5.41, 5.74) is 4.50. The minimum absolute atomic E-state index is 0.203. The molecule has 5 N–H and O–H groups in total. The molecule has 1 rings (SSSR count). The highest BCUT2D eigenvalue weighted by atomic mass is 16.4. The Kier molecular flexibility index (Phi) is 8.24. The van der Waals surface area contributed by atoms with E-state index in [1.165, 1.54) is 7.05 Å².